The number of carbonyl (C=O) groups is 3. The number of nitrogens with zero attached hydrogens (tertiary/aromatic N) is 2. The summed E-state index contributed by atoms with van der Waals surface area (Å²) in [7, 11) is 0. The molecule has 2 aromatic carbocycles. The molecule has 8 heteroatoms. The molecule has 1 saturated heterocycles. The first-order valence-corrected chi connectivity index (χ1v) is 10.2. The van der Waals surface area contributed by atoms with Crippen LogP contribution >= 0.6 is 11.6 Å². The molecule has 1 N–H and O–H groups in total. The number of aromatic nitrogens is 1. The minimum atomic E-state index is -0.928. The number of aryl methyl sites for hydroxylation is 1. The van der Waals surface area contributed by atoms with Gasteiger partial charge in [-0.3, -0.25) is 14.9 Å². The average molecular weight is 452 g/mol. The molecule has 4 rings (SSSR count). The number of hydrogen-bond donors (Lipinski definition) is 1. The van der Waals surface area contributed by atoms with Gasteiger partial charge in [-0.1, -0.05) is 23.7 Å². The number of nitrogens with one attached hydrogen (secondary N) is 1. The van der Waals surface area contributed by atoms with Crippen LogP contribution in [0.4, 0.5) is 14.9 Å². The van der Waals surface area contributed by atoms with E-state index in [1.54, 1.807) is 6.07 Å². The molecule has 3 aromatic rings. The van der Waals surface area contributed by atoms with Gasteiger partial charge in [-0.05, 0) is 74.4 Å². The van der Waals surface area contributed by atoms with E-state index in [1.807, 2.05) is 43.5 Å². The molecule has 0 aliphatic carbocycles. The van der Waals surface area contributed by atoms with Crippen LogP contribution in [0.1, 0.15) is 22.5 Å². The number of urea groups is 1. The fourth-order valence-corrected chi connectivity index (χ4v) is 3.97. The van der Waals surface area contributed by atoms with Crippen LogP contribution in [0, 0.1) is 26.6 Å². The summed E-state index contributed by atoms with van der Waals surface area (Å²) >= 11 is 6.28. The normalized spacial score (nSPS) is 15.5. The summed E-state index contributed by atoms with van der Waals surface area (Å²) in [5.41, 5.74) is 3.88. The van der Waals surface area contributed by atoms with Crippen LogP contribution in [-0.2, 0) is 9.59 Å². The minimum Gasteiger partial charge on any atom is -0.318 e. The van der Waals surface area contributed by atoms with Crippen molar-refractivity contribution in [3.05, 3.63) is 87.5 Å². The van der Waals surface area contributed by atoms with Crippen molar-refractivity contribution in [3.63, 3.8) is 0 Å². The number of amides is 4. The molecule has 162 valence electrons. The number of imide groups is 2. The average Bonchev–Trinajstić information content (AvgIpc) is 3.00. The van der Waals surface area contributed by atoms with E-state index in [9.17, 15) is 18.8 Å². The second-order valence-corrected chi connectivity index (χ2v) is 7.89. The van der Waals surface area contributed by atoms with Gasteiger partial charge in [0.25, 0.3) is 11.8 Å². The number of benzene rings is 2. The zero-order chi connectivity index (χ0) is 23.2. The zero-order valence-corrected chi connectivity index (χ0v) is 18.3. The minimum absolute atomic E-state index is 0.0333. The predicted octanol–water partition coefficient (Wildman–Crippen LogP) is 4.86. The molecular formula is C24H19ClFN3O3. The summed E-state index contributed by atoms with van der Waals surface area (Å²) in [6.45, 7) is 5.68. The van der Waals surface area contributed by atoms with Gasteiger partial charge in [0.2, 0.25) is 0 Å². The fraction of sp³-hybridized carbons (Fsp3) is 0.125. The van der Waals surface area contributed by atoms with Gasteiger partial charge in [0.15, 0.2) is 0 Å². The number of barbiturate groups is 1. The van der Waals surface area contributed by atoms with E-state index in [0.29, 0.717) is 10.6 Å². The van der Waals surface area contributed by atoms with Crippen molar-refractivity contribution in [2.45, 2.75) is 20.8 Å². The van der Waals surface area contributed by atoms with E-state index in [1.165, 1.54) is 24.3 Å². The standard InChI is InChI=1S/C24H19ClFN3O3/c1-13-10-16(15(3)28(13)21-9-5-8-20(25)14(21)2)11-19-22(30)27-24(32)29(23(19)31)18-7-4-6-17(26)12-18/h4-12H,1-3H3,(H,27,30,32)/b19-11+. The molecule has 32 heavy (non-hydrogen) atoms. The van der Waals surface area contributed by atoms with Crippen LogP contribution in [0.15, 0.2) is 54.1 Å². The monoisotopic (exact) mass is 451 g/mol. The maximum atomic E-state index is 13.7. The Morgan fingerprint density at radius 3 is 2.44 bits per heavy atom. The van der Waals surface area contributed by atoms with Crippen LogP contribution in [0.3, 0.4) is 0 Å². The molecule has 0 radical (unpaired) electrons. The van der Waals surface area contributed by atoms with E-state index >= 15 is 0 Å². The highest BCUT2D eigenvalue weighted by Crippen LogP contribution is 2.29. The number of halogens is 2. The largest absolute Gasteiger partial charge is 0.335 e. The van der Waals surface area contributed by atoms with E-state index in [4.69, 9.17) is 11.6 Å². The summed E-state index contributed by atoms with van der Waals surface area (Å²) in [4.78, 5) is 38.6. The first-order valence-electron chi connectivity index (χ1n) is 9.80. The lowest BCUT2D eigenvalue weighted by atomic mass is 10.1. The van der Waals surface area contributed by atoms with Crippen molar-refractivity contribution >= 4 is 41.2 Å². The van der Waals surface area contributed by atoms with Gasteiger partial charge in [-0.15, -0.1) is 0 Å². The summed E-state index contributed by atoms with van der Waals surface area (Å²) < 4.78 is 15.6. The summed E-state index contributed by atoms with van der Waals surface area (Å²) in [6.07, 6.45) is 1.44. The predicted molar refractivity (Wildman–Crippen MR) is 120 cm³/mol. The molecule has 1 aromatic heterocycles. The van der Waals surface area contributed by atoms with Crippen molar-refractivity contribution in [2.24, 2.45) is 0 Å². The van der Waals surface area contributed by atoms with E-state index in [0.717, 1.165) is 33.6 Å². The number of hydrogen-bond acceptors (Lipinski definition) is 3. The lowest BCUT2D eigenvalue weighted by Crippen LogP contribution is -2.54. The second-order valence-electron chi connectivity index (χ2n) is 7.48. The lowest BCUT2D eigenvalue weighted by Gasteiger charge is -2.26. The molecular weight excluding hydrogens is 433 g/mol. The third-order valence-electron chi connectivity index (χ3n) is 5.42. The molecule has 4 amide bonds. The third-order valence-corrected chi connectivity index (χ3v) is 5.83. The van der Waals surface area contributed by atoms with E-state index < -0.39 is 23.7 Å². The molecule has 1 aliphatic rings. The molecule has 1 aliphatic heterocycles. The molecule has 1 fully saturated rings. The zero-order valence-electron chi connectivity index (χ0n) is 17.6. The van der Waals surface area contributed by atoms with Crippen LogP contribution < -0.4 is 10.2 Å². The Bertz CT molecular complexity index is 1330. The number of anilines is 1. The van der Waals surface area contributed by atoms with Gasteiger partial charge in [0, 0.05) is 22.1 Å². The first kappa shape index (κ1) is 21.5. The highest BCUT2D eigenvalue weighted by Gasteiger charge is 2.37. The van der Waals surface area contributed by atoms with Gasteiger partial charge < -0.3 is 4.57 Å². The van der Waals surface area contributed by atoms with Gasteiger partial charge in [-0.25, -0.2) is 14.1 Å². The Morgan fingerprint density at radius 2 is 1.72 bits per heavy atom. The quantitative estimate of drug-likeness (QED) is 0.456. The third kappa shape index (κ3) is 3.61. The Balaban J connectivity index is 1.79. The van der Waals surface area contributed by atoms with Crippen molar-refractivity contribution in [1.29, 1.82) is 0 Å². The van der Waals surface area contributed by atoms with Gasteiger partial charge >= 0.3 is 6.03 Å². The van der Waals surface area contributed by atoms with E-state index in [-0.39, 0.29) is 11.3 Å². The Kier molecular flexibility index (Phi) is 5.44. The molecule has 6 nitrogen and oxygen atoms in total. The Labute approximate surface area is 188 Å². The van der Waals surface area contributed by atoms with Gasteiger partial charge in [0.1, 0.15) is 11.4 Å². The molecule has 0 unspecified atom stereocenters. The Hall–Kier alpha value is -3.71. The summed E-state index contributed by atoms with van der Waals surface area (Å²) in [5, 5.41) is 2.78. The fourth-order valence-electron chi connectivity index (χ4n) is 3.81. The van der Waals surface area contributed by atoms with Crippen LogP contribution in [-0.4, -0.2) is 22.4 Å². The maximum absolute atomic E-state index is 13.7. The highest BCUT2D eigenvalue weighted by atomic mass is 35.5. The smallest absolute Gasteiger partial charge is 0.318 e. The Morgan fingerprint density at radius 1 is 1.00 bits per heavy atom. The number of rotatable bonds is 3. The van der Waals surface area contributed by atoms with Crippen molar-refractivity contribution in [3.8, 4) is 5.69 Å². The second kappa shape index (κ2) is 8.09. The van der Waals surface area contributed by atoms with Crippen LogP contribution in [0.2, 0.25) is 5.02 Å². The van der Waals surface area contributed by atoms with Crippen molar-refractivity contribution < 1.29 is 18.8 Å². The molecule has 0 saturated carbocycles. The SMILES string of the molecule is Cc1c(Cl)cccc1-n1c(C)cc(/C=C2\C(=O)NC(=O)N(c3cccc(F)c3)C2=O)c1C. The molecule has 0 bridgehead atoms. The molecule has 2 heterocycles. The number of carbonyl (C=O) groups excluding carboxylic acids is 3. The first-order chi connectivity index (χ1) is 15.2. The van der Waals surface area contributed by atoms with Crippen LogP contribution in [0.5, 0.6) is 0 Å². The topological polar surface area (TPSA) is 71.4 Å². The highest BCUT2D eigenvalue weighted by molar-refractivity contribution is 6.39. The maximum Gasteiger partial charge on any atom is 0.335 e. The van der Waals surface area contributed by atoms with E-state index in [2.05, 4.69) is 5.32 Å². The van der Waals surface area contributed by atoms with Crippen molar-refractivity contribution in [2.75, 3.05) is 4.90 Å². The van der Waals surface area contributed by atoms with Gasteiger partial charge in [0.05, 0.1) is 5.69 Å². The summed E-state index contributed by atoms with van der Waals surface area (Å²) in [5.74, 6) is -2.24. The van der Waals surface area contributed by atoms with Crippen molar-refractivity contribution in [1.82, 2.24) is 9.88 Å². The summed E-state index contributed by atoms with van der Waals surface area (Å²) in [6, 6.07) is 11.6. The lowest BCUT2D eigenvalue weighted by molar-refractivity contribution is -0.122. The molecule has 0 spiro atoms. The molecule has 0 atom stereocenters. The van der Waals surface area contributed by atoms with Gasteiger partial charge in [-0.2, -0.15) is 0 Å². The van der Waals surface area contributed by atoms with Crippen LogP contribution in [0.25, 0.3) is 11.8 Å².